The zero-order valence-corrected chi connectivity index (χ0v) is 17.2. The number of nitrogens with one attached hydrogen (secondary N) is 3. The molecule has 0 saturated carbocycles. The van der Waals surface area contributed by atoms with Crippen LogP contribution in [-0.4, -0.2) is 23.1 Å². The predicted octanol–water partition coefficient (Wildman–Crippen LogP) is 4.42. The second kappa shape index (κ2) is 9.69. The molecule has 164 valence electrons. The van der Waals surface area contributed by atoms with Gasteiger partial charge in [0.25, 0.3) is 5.91 Å². The van der Waals surface area contributed by atoms with E-state index in [9.17, 15) is 27.2 Å². The van der Waals surface area contributed by atoms with E-state index in [-0.39, 0.29) is 22.8 Å². The summed E-state index contributed by atoms with van der Waals surface area (Å²) < 4.78 is 52.2. The Morgan fingerprint density at radius 1 is 1.13 bits per heavy atom. The molecule has 0 unspecified atom stereocenters. The van der Waals surface area contributed by atoms with Crippen LogP contribution >= 0.6 is 12.2 Å². The largest absolute Gasteiger partial charge is 0.471 e. The molecule has 31 heavy (non-hydrogen) atoms. The zero-order valence-electron chi connectivity index (χ0n) is 16.3. The summed E-state index contributed by atoms with van der Waals surface area (Å²) in [7, 11) is 0. The Bertz CT molecular complexity index is 996. The molecule has 0 aliphatic rings. The van der Waals surface area contributed by atoms with Crippen molar-refractivity contribution >= 4 is 34.8 Å². The minimum absolute atomic E-state index is 0.0799. The van der Waals surface area contributed by atoms with E-state index in [2.05, 4.69) is 17.2 Å². The Morgan fingerprint density at radius 2 is 1.77 bits per heavy atom. The molecule has 0 fully saturated rings. The van der Waals surface area contributed by atoms with Crippen LogP contribution in [0.5, 0.6) is 0 Å². The van der Waals surface area contributed by atoms with Gasteiger partial charge in [-0.05, 0) is 55.9 Å². The molecule has 2 aromatic rings. The van der Waals surface area contributed by atoms with Gasteiger partial charge in [-0.15, -0.1) is 6.58 Å². The number of rotatable bonds is 6. The molecule has 0 spiro atoms. The number of carbonyl (C=O) groups excluding carboxylic acids is 2. The van der Waals surface area contributed by atoms with E-state index in [1.807, 2.05) is 0 Å². The minimum atomic E-state index is -5.10. The molecular formula is C21H19F4N3O2S. The SMILES string of the molecule is C=CC[C@](C)(NC(=S)NC(=O)c1ccccc1)c1cc(NC(=O)C(F)(F)F)ccc1F. The van der Waals surface area contributed by atoms with Gasteiger partial charge in [0.2, 0.25) is 0 Å². The van der Waals surface area contributed by atoms with Gasteiger partial charge in [0, 0.05) is 16.8 Å². The molecule has 0 aliphatic heterocycles. The molecule has 1 atom stereocenters. The Morgan fingerprint density at radius 3 is 2.35 bits per heavy atom. The number of hydrogen-bond donors (Lipinski definition) is 3. The molecule has 0 aliphatic carbocycles. The number of amides is 2. The van der Waals surface area contributed by atoms with E-state index < -0.39 is 29.3 Å². The fourth-order valence-corrected chi connectivity index (χ4v) is 3.11. The molecule has 2 aromatic carbocycles. The molecule has 2 rings (SSSR count). The summed E-state index contributed by atoms with van der Waals surface area (Å²) >= 11 is 5.17. The average Bonchev–Trinajstić information content (AvgIpc) is 2.69. The van der Waals surface area contributed by atoms with Crippen molar-refractivity contribution in [2.75, 3.05) is 5.32 Å². The molecule has 10 heteroatoms. The van der Waals surface area contributed by atoms with Crippen LogP contribution < -0.4 is 16.0 Å². The van der Waals surface area contributed by atoms with Gasteiger partial charge >= 0.3 is 12.1 Å². The lowest BCUT2D eigenvalue weighted by atomic mass is 9.88. The Balaban J connectivity index is 2.27. The molecule has 0 aromatic heterocycles. The summed E-state index contributed by atoms with van der Waals surface area (Å²) in [6, 6.07) is 11.2. The van der Waals surface area contributed by atoms with Crippen LogP contribution in [0, 0.1) is 5.82 Å². The van der Waals surface area contributed by atoms with Crippen molar-refractivity contribution in [2.45, 2.75) is 25.1 Å². The predicted molar refractivity (Wildman–Crippen MR) is 113 cm³/mol. The lowest BCUT2D eigenvalue weighted by Gasteiger charge is -2.32. The van der Waals surface area contributed by atoms with Crippen LogP contribution in [0.4, 0.5) is 23.2 Å². The summed E-state index contributed by atoms with van der Waals surface area (Å²) in [6.07, 6.45) is -3.54. The number of thiocarbonyl (C=S) groups is 1. The third kappa shape index (κ3) is 6.35. The summed E-state index contributed by atoms with van der Waals surface area (Å²) in [5.41, 5.74) is -1.27. The maximum absolute atomic E-state index is 14.6. The van der Waals surface area contributed by atoms with Crippen molar-refractivity contribution in [3.8, 4) is 0 Å². The summed E-state index contributed by atoms with van der Waals surface area (Å²) in [5.74, 6) is -3.43. The van der Waals surface area contributed by atoms with Crippen LogP contribution in [0.1, 0.15) is 29.3 Å². The molecule has 3 N–H and O–H groups in total. The van der Waals surface area contributed by atoms with Crippen molar-refractivity contribution in [2.24, 2.45) is 0 Å². The molecular weight excluding hydrogens is 434 g/mol. The monoisotopic (exact) mass is 453 g/mol. The highest BCUT2D eigenvalue weighted by molar-refractivity contribution is 7.80. The first-order chi connectivity index (χ1) is 14.5. The smallest absolute Gasteiger partial charge is 0.353 e. The number of carbonyl (C=O) groups is 2. The number of alkyl halides is 3. The first-order valence-electron chi connectivity index (χ1n) is 8.94. The highest BCUT2D eigenvalue weighted by atomic mass is 32.1. The second-order valence-electron chi connectivity index (χ2n) is 6.75. The van der Waals surface area contributed by atoms with Gasteiger partial charge in [-0.25, -0.2) is 4.39 Å². The summed E-state index contributed by atoms with van der Waals surface area (Å²) in [6.45, 7) is 5.14. The van der Waals surface area contributed by atoms with Crippen LogP contribution in [-0.2, 0) is 10.3 Å². The van der Waals surface area contributed by atoms with E-state index in [1.165, 1.54) is 13.0 Å². The third-order valence-corrected chi connectivity index (χ3v) is 4.49. The fourth-order valence-electron chi connectivity index (χ4n) is 2.79. The topological polar surface area (TPSA) is 70.2 Å². The molecule has 0 bridgehead atoms. The fraction of sp³-hybridized carbons (Fsp3) is 0.190. The maximum Gasteiger partial charge on any atom is 0.471 e. The summed E-state index contributed by atoms with van der Waals surface area (Å²) in [5, 5.41) is 6.85. The van der Waals surface area contributed by atoms with E-state index in [0.29, 0.717) is 5.56 Å². The van der Waals surface area contributed by atoms with Crippen molar-refractivity contribution in [1.82, 2.24) is 10.6 Å². The van der Waals surface area contributed by atoms with Gasteiger partial charge in [0.05, 0.1) is 5.54 Å². The number of hydrogen-bond acceptors (Lipinski definition) is 3. The number of benzene rings is 2. The van der Waals surface area contributed by atoms with Gasteiger partial charge in [0.1, 0.15) is 5.82 Å². The maximum atomic E-state index is 14.6. The normalized spacial score (nSPS) is 12.9. The lowest BCUT2D eigenvalue weighted by molar-refractivity contribution is -0.167. The molecule has 2 amide bonds. The standard InChI is InChI=1S/C21H19F4N3O2S/c1-3-11-20(2,28-19(31)27-17(29)13-7-5-4-6-8-13)15-12-14(9-10-16(15)22)26-18(30)21(23,24)25/h3-10,12H,1,11H2,2H3,(H,26,30)(H2,27,28,29,31)/t20-/m0/s1. The van der Waals surface area contributed by atoms with Crippen molar-refractivity contribution < 1.29 is 27.2 Å². The van der Waals surface area contributed by atoms with E-state index in [0.717, 1.165) is 18.2 Å². The molecule has 0 radical (unpaired) electrons. The highest BCUT2D eigenvalue weighted by Crippen LogP contribution is 2.30. The van der Waals surface area contributed by atoms with Gasteiger partial charge in [-0.1, -0.05) is 24.3 Å². The second-order valence-corrected chi connectivity index (χ2v) is 7.15. The van der Waals surface area contributed by atoms with E-state index in [1.54, 1.807) is 35.6 Å². The van der Waals surface area contributed by atoms with Gasteiger partial charge < -0.3 is 10.6 Å². The molecule has 0 saturated heterocycles. The molecule has 5 nitrogen and oxygen atoms in total. The van der Waals surface area contributed by atoms with Gasteiger partial charge in [0.15, 0.2) is 5.11 Å². The first kappa shape index (κ1) is 24.0. The minimum Gasteiger partial charge on any atom is -0.353 e. The Labute approximate surface area is 181 Å². The third-order valence-electron chi connectivity index (χ3n) is 4.28. The Hall–Kier alpha value is -3.27. The number of halogens is 4. The van der Waals surface area contributed by atoms with Crippen molar-refractivity contribution in [3.63, 3.8) is 0 Å². The van der Waals surface area contributed by atoms with Crippen LogP contribution in [0.2, 0.25) is 0 Å². The lowest BCUT2D eigenvalue weighted by Crippen LogP contribution is -2.49. The summed E-state index contributed by atoms with van der Waals surface area (Å²) in [4.78, 5) is 23.5. The van der Waals surface area contributed by atoms with Crippen molar-refractivity contribution in [1.29, 1.82) is 0 Å². The average molecular weight is 453 g/mol. The Kier molecular flexibility index (Phi) is 7.50. The van der Waals surface area contributed by atoms with Crippen LogP contribution in [0.15, 0.2) is 61.2 Å². The van der Waals surface area contributed by atoms with Crippen LogP contribution in [0.3, 0.4) is 0 Å². The first-order valence-corrected chi connectivity index (χ1v) is 9.35. The van der Waals surface area contributed by atoms with Crippen molar-refractivity contribution in [3.05, 3.63) is 78.1 Å². The zero-order chi connectivity index (χ0) is 23.2. The quantitative estimate of drug-likeness (QED) is 0.344. The number of anilines is 1. The van der Waals surface area contributed by atoms with E-state index >= 15 is 0 Å². The van der Waals surface area contributed by atoms with Gasteiger partial charge in [-0.3, -0.25) is 14.9 Å². The highest BCUT2D eigenvalue weighted by Gasteiger charge is 2.39. The van der Waals surface area contributed by atoms with Crippen LogP contribution in [0.25, 0.3) is 0 Å². The van der Waals surface area contributed by atoms with Gasteiger partial charge in [-0.2, -0.15) is 13.2 Å². The molecule has 0 heterocycles. The van der Waals surface area contributed by atoms with E-state index in [4.69, 9.17) is 12.2 Å².